The summed E-state index contributed by atoms with van der Waals surface area (Å²) in [5, 5.41) is 27.7. The number of non-ortho nitro benzene ring substituents is 2. The molecule has 1 atom stereocenters. The van der Waals surface area contributed by atoms with Gasteiger partial charge in [-0.05, 0) is 24.3 Å². The van der Waals surface area contributed by atoms with Gasteiger partial charge in [0, 0.05) is 24.3 Å². The number of nitro benzene ring substituents is 2. The summed E-state index contributed by atoms with van der Waals surface area (Å²) in [5.74, 6) is 0.309. The van der Waals surface area contributed by atoms with E-state index in [0.717, 1.165) is 0 Å². The molecular formula is C15H13Cl7N5O4Sb. The Morgan fingerprint density at radius 1 is 0.906 bits per heavy atom. The Hall–Kier alpha value is -0.512. The summed E-state index contributed by atoms with van der Waals surface area (Å²) in [6.45, 7) is 0.498. The summed E-state index contributed by atoms with van der Waals surface area (Å²) in [7, 11) is 25.0. The fourth-order valence-corrected chi connectivity index (χ4v) is 2.74. The van der Waals surface area contributed by atoms with Gasteiger partial charge < -0.3 is 0 Å². The average molecular weight is 697 g/mol. The molecule has 176 valence electrons. The van der Waals surface area contributed by atoms with E-state index in [9.17, 15) is 20.2 Å². The zero-order chi connectivity index (χ0) is 24.4. The predicted octanol–water partition coefficient (Wildman–Crippen LogP) is 7.40. The molecule has 3 rings (SSSR count). The van der Waals surface area contributed by atoms with Gasteiger partial charge in [-0.3, -0.25) is 20.2 Å². The molecule has 0 aromatic heterocycles. The van der Waals surface area contributed by atoms with Crippen molar-refractivity contribution in [3.05, 3.63) is 68.8 Å². The van der Waals surface area contributed by atoms with Crippen LogP contribution in [-0.4, -0.2) is 42.2 Å². The second-order valence-corrected chi connectivity index (χ2v) is 63.5. The van der Waals surface area contributed by atoms with Gasteiger partial charge in [0.25, 0.3) is 11.4 Å². The number of benzene rings is 2. The van der Waals surface area contributed by atoms with Crippen molar-refractivity contribution in [1.82, 2.24) is 0 Å². The van der Waals surface area contributed by atoms with Crippen molar-refractivity contribution in [2.24, 2.45) is 5.22 Å². The third-order valence-electron chi connectivity index (χ3n) is 3.80. The van der Waals surface area contributed by atoms with E-state index in [1.54, 1.807) is 34.0 Å². The third kappa shape index (κ3) is 9.77. The monoisotopic (exact) mass is 693 g/mol. The van der Waals surface area contributed by atoms with Crippen molar-refractivity contribution >= 4 is 96.5 Å². The Bertz CT molecular complexity index is 1040. The van der Waals surface area contributed by atoms with Crippen LogP contribution in [0.1, 0.15) is 0 Å². The number of halogens is 7. The number of nitrogens with zero attached hydrogens (tertiary/aromatic N) is 5. The van der Waals surface area contributed by atoms with E-state index in [4.69, 9.17) is 64.6 Å². The Labute approximate surface area is 206 Å². The molecule has 0 aliphatic carbocycles. The summed E-state index contributed by atoms with van der Waals surface area (Å²) in [5.41, 5.74) is 1.38. The molecule has 32 heavy (non-hydrogen) atoms. The minimum absolute atomic E-state index is 0.00223. The van der Waals surface area contributed by atoms with Crippen LogP contribution in [0.3, 0.4) is 0 Å². The molecular weight excluding hydrogens is 684 g/mol. The number of hydrogen-bond donors (Lipinski definition) is 0. The molecule has 9 nitrogen and oxygen atoms in total. The van der Waals surface area contributed by atoms with Crippen LogP contribution in [0.15, 0.2) is 53.8 Å². The third-order valence-corrected chi connectivity index (χ3v) is 4.15. The van der Waals surface area contributed by atoms with Crippen LogP contribution in [0.25, 0.3) is 0 Å². The van der Waals surface area contributed by atoms with Crippen molar-refractivity contribution in [1.29, 1.82) is 0 Å². The van der Waals surface area contributed by atoms with Crippen LogP contribution < -0.4 is 5.01 Å². The van der Waals surface area contributed by atoms with Gasteiger partial charge in [-0.2, -0.15) is 0 Å². The molecule has 0 radical (unpaired) electrons. The quantitative estimate of drug-likeness (QED) is 0.107. The summed E-state index contributed by atoms with van der Waals surface area (Å²) >= 11 is 6.03. The Kier molecular flexibility index (Phi) is 8.34. The predicted molar refractivity (Wildman–Crippen MR) is 131 cm³/mol. The maximum absolute atomic E-state index is 10.8. The van der Waals surface area contributed by atoms with Gasteiger partial charge >= 0.3 is 62.1 Å². The number of nitro groups is 2. The second-order valence-electron chi connectivity index (χ2n) is 6.33. The number of alkyl halides is 1. The molecule has 0 fully saturated rings. The summed E-state index contributed by atoms with van der Waals surface area (Å²) in [6, 6.07) is 12.0. The maximum atomic E-state index is 10.8. The van der Waals surface area contributed by atoms with Crippen LogP contribution in [-0.2, 0) is 0 Å². The second kappa shape index (κ2) is 9.62. The summed E-state index contributed by atoms with van der Waals surface area (Å²) in [4.78, 5) is 20.6. The molecule has 1 heterocycles. The van der Waals surface area contributed by atoms with Crippen molar-refractivity contribution in [3.63, 3.8) is 0 Å². The van der Waals surface area contributed by atoms with Gasteiger partial charge in [-0.25, -0.2) is 0 Å². The normalized spacial score (nSPS) is 18.0. The molecule has 0 spiro atoms. The van der Waals surface area contributed by atoms with Gasteiger partial charge in [0.05, 0.1) is 20.9 Å². The van der Waals surface area contributed by atoms with Crippen LogP contribution in [0.2, 0.25) is 0 Å². The molecule has 2 aromatic carbocycles. The van der Waals surface area contributed by atoms with E-state index < -0.39 is 19.0 Å². The molecule has 1 unspecified atom stereocenters. The van der Waals surface area contributed by atoms with Gasteiger partial charge in [0.2, 0.25) is 0 Å². The molecule has 0 amide bonds. The Morgan fingerprint density at radius 3 is 1.69 bits per heavy atom. The van der Waals surface area contributed by atoms with Gasteiger partial charge in [-0.1, -0.05) is 0 Å². The summed E-state index contributed by atoms with van der Waals surface area (Å²) in [6.07, 6.45) is 0. The molecule has 2 aromatic rings. The number of hydrogen-bond acceptors (Lipinski definition) is 6. The first kappa shape index (κ1) is 27.7. The first-order valence-corrected chi connectivity index (χ1v) is 28.3. The van der Waals surface area contributed by atoms with Gasteiger partial charge in [-0.15, -0.1) is 21.3 Å². The topological polar surface area (TPSA) is 105 Å². The fourth-order valence-electron chi connectivity index (χ4n) is 2.51. The van der Waals surface area contributed by atoms with Crippen LogP contribution in [0.4, 0.5) is 22.7 Å². The van der Waals surface area contributed by atoms with Crippen molar-refractivity contribution in [2.45, 2.75) is 6.04 Å². The fraction of sp³-hybridized carbons (Fsp3) is 0.200. The Morgan fingerprint density at radius 2 is 1.31 bits per heavy atom. The first-order valence-electron chi connectivity index (χ1n) is 8.34. The minimum atomic E-state index is -5.42. The standard InChI is InChI=1S/C15H13ClN5O4.6ClH.Sb/c16-9-15-10-18(11-1-5-13(6-2-11)20(22)23)17-19(15)12-3-7-14(8-4-12)21(24)25;;;;;;;/h1-8,15H,9-10H2;6*1H;/q+1;;;;;;;+5/p-6. The number of rotatable bonds is 5. The molecule has 17 heteroatoms. The molecule has 0 bridgehead atoms. The van der Waals surface area contributed by atoms with Gasteiger partial charge in [0.15, 0.2) is 18.3 Å². The van der Waals surface area contributed by atoms with Crippen LogP contribution in [0, 0.1) is 20.2 Å². The average Bonchev–Trinajstić information content (AvgIpc) is 3.10. The zero-order valence-corrected chi connectivity index (χ0v) is 23.4. The van der Waals surface area contributed by atoms with Crippen LogP contribution >= 0.6 is 64.6 Å². The summed E-state index contributed by atoms with van der Waals surface area (Å²) < 4.78 is 1.69. The van der Waals surface area contributed by atoms with Crippen LogP contribution in [0.5, 0.6) is 0 Å². The molecule has 0 saturated carbocycles. The van der Waals surface area contributed by atoms with Gasteiger partial charge in [0.1, 0.15) is 5.69 Å². The van der Waals surface area contributed by atoms with Crippen molar-refractivity contribution < 1.29 is 14.5 Å². The molecule has 0 saturated heterocycles. The first-order chi connectivity index (χ1) is 14.4. The van der Waals surface area contributed by atoms with E-state index in [1.165, 1.54) is 24.3 Å². The van der Waals surface area contributed by atoms with E-state index in [0.29, 0.717) is 23.8 Å². The van der Waals surface area contributed by atoms with E-state index in [1.807, 2.05) is 0 Å². The Balaban J connectivity index is 0.000000451. The van der Waals surface area contributed by atoms with E-state index >= 15 is 0 Å². The van der Waals surface area contributed by atoms with E-state index in [2.05, 4.69) is 5.22 Å². The molecule has 0 N–H and O–H groups in total. The molecule has 1 aliphatic rings. The zero-order valence-electron chi connectivity index (χ0n) is 15.6. The van der Waals surface area contributed by atoms with Crippen molar-refractivity contribution in [2.75, 3.05) is 17.4 Å². The molecule has 1 aliphatic heterocycles. The van der Waals surface area contributed by atoms with Crippen molar-refractivity contribution in [3.8, 4) is 0 Å². The number of anilines is 1. The van der Waals surface area contributed by atoms with E-state index in [-0.39, 0.29) is 17.4 Å². The SMILES string of the molecule is O=[N+]([O-])c1ccc(N2N=[N+](c3ccc([N+](=O)[O-])cc3)CC2CCl)cc1.[Cl][Sb-]([Cl])([Cl])([Cl])([Cl])[Cl].